The van der Waals surface area contributed by atoms with Crippen molar-refractivity contribution in [3.8, 4) is 0 Å². The Morgan fingerprint density at radius 3 is 2.67 bits per heavy atom. The molecule has 0 saturated carbocycles. The van der Waals surface area contributed by atoms with Crippen molar-refractivity contribution in [2.45, 2.75) is 6.04 Å². The summed E-state index contributed by atoms with van der Waals surface area (Å²) < 4.78 is 0. The first-order valence-corrected chi connectivity index (χ1v) is 3.98. The largest absolute Gasteiger partial charge is 0.384 e. The molecule has 1 aliphatic heterocycles. The molecule has 1 aliphatic rings. The monoisotopic (exact) mass is 164 g/mol. The van der Waals surface area contributed by atoms with E-state index in [-0.39, 0.29) is 0 Å². The number of pyridine rings is 1. The van der Waals surface area contributed by atoms with Gasteiger partial charge in [-0.05, 0) is 12.1 Å². The van der Waals surface area contributed by atoms with Gasteiger partial charge in [0.25, 0.3) is 0 Å². The zero-order valence-electron chi connectivity index (χ0n) is 6.77. The van der Waals surface area contributed by atoms with Crippen molar-refractivity contribution in [2.24, 2.45) is 5.73 Å². The fourth-order valence-corrected chi connectivity index (χ4v) is 1.31. The van der Waals surface area contributed by atoms with Gasteiger partial charge in [-0.15, -0.1) is 0 Å². The van der Waals surface area contributed by atoms with Gasteiger partial charge in [-0.25, -0.2) is 4.98 Å². The number of anilines is 2. The number of rotatable bonds is 1. The predicted octanol–water partition coefficient (Wildman–Crippen LogP) is -0.189. The van der Waals surface area contributed by atoms with Crippen molar-refractivity contribution in [1.29, 1.82) is 0 Å². The quantitative estimate of drug-likeness (QED) is 0.603. The average Bonchev–Trinajstić information content (AvgIpc) is 2.01. The zero-order chi connectivity index (χ0) is 8.55. The summed E-state index contributed by atoms with van der Waals surface area (Å²) in [6, 6.07) is 4.09. The second kappa shape index (κ2) is 2.64. The van der Waals surface area contributed by atoms with Crippen LogP contribution in [0, 0.1) is 0 Å². The summed E-state index contributed by atoms with van der Waals surface area (Å²) in [6.45, 7) is 1.84. The Morgan fingerprint density at radius 1 is 1.42 bits per heavy atom. The van der Waals surface area contributed by atoms with Crippen molar-refractivity contribution < 1.29 is 0 Å². The maximum atomic E-state index is 5.65. The molecule has 0 aromatic carbocycles. The van der Waals surface area contributed by atoms with E-state index < -0.39 is 0 Å². The minimum atomic E-state index is 0.322. The first-order valence-electron chi connectivity index (χ1n) is 3.98. The molecule has 1 aromatic heterocycles. The van der Waals surface area contributed by atoms with E-state index in [1.165, 1.54) is 0 Å². The number of hydrogen-bond acceptors (Lipinski definition) is 4. The van der Waals surface area contributed by atoms with Crippen LogP contribution in [0.5, 0.6) is 0 Å². The number of hydrogen-bond donors (Lipinski definition) is 2. The molecule has 1 saturated heterocycles. The van der Waals surface area contributed by atoms with E-state index in [1.807, 2.05) is 6.07 Å². The van der Waals surface area contributed by atoms with Gasteiger partial charge in [0.1, 0.15) is 5.82 Å². The third-order valence-corrected chi connectivity index (χ3v) is 2.05. The standard InChI is InChI=1S/C8H12N4/c9-6-4-12(5-6)7-1-2-8(10)11-3-7/h1-3,6H,4-5,9H2,(H2,10,11). The number of nitrogens with two attached hydrogens (primary N) is 2. The Bertz CT molecular complexity index is 263. The molecular formula is C8H12N4. The molecule has 12 heavy (non-hydrogen) atoms. The third kappa shape index (κ3) is 1.21. The van der Waals surface area contributed by atoms with Gasteiger partial charge in [0.05, 0.1) is 11.9 Å². The van der Waals surface area contributed by atoms with Gasteiger partial charge in [-0.2, -0.15) is 0 Å². The third-order valence-electron chi connectivity index (χ3n) is 2.05. The predicted molar refractivity (Wildman–Crippen MR) is 48.8 cm³/mol. The minimum absolute atomic E-state index is 0.322. The van der Waals surface area contributed by atoms with Gasteiger partial charge in [-0.3, -0.25) is 0 Å². The van der Waals surface area contributed by atoms with Crippen LogP contribution in [-0.4, -0.2) is 24.1 Å². The highest BCUT2D eigenvalue weighted by Crippen LogP contribution is 2.18. The molecule has 0 radical (unpaired) electrons. The van der Waals surface area contributed by atoms with E-state index in [9.17, 15) is 0 Å². The van der Waals surface area contributed by atoms with Crippen LogP contribution in [0.15, 0.2) is 18.3 Å². The van der Waals surface area contributed by atoms with Gasteiger partial charge in [0, 0.05) is 19.1 Å². The summed E-state index contributed by atoms with van der Waals surface area (Å²) >= 11 is 0. The fourth-order valence-electron chi connectivity index (χ4n) is 1.31. The fraction of sp³-hybridized carbons (Fsp3) is 0.375. The second-order valence-corrected chi connectivity index (χ2v) is 3.11. The van der Waals surface area contributed by atoms with E-state index in [0.717, 1.165) is 18.8 Å². The summed E-state index contributed by atoms with van der Waals surface area (Å²) in [6.07, 6.45) is 1.78. The summed E-state index contributed by atoms with van der Waals surface area (Å²) in [7, 11) is 0. The molecule has 0 spiro atoms. The molecular weight excluding hydrogens is 152 g/mol. The minimum Gasteiger partial charge on any atom is -0.384 e. The average molecular weight is 164 g/mol. The molecule has 0 bridgehead atoms. The smallest absolute Gasteiger partial charge is 0.123 e. The van der Waals surface area contributed by atoms with Gasteiger partial charge >= 0.3 is 0 Å². The Kier molecular flexibility index (Phi) is 1.62. The normalized spacial score (nSPS) is 17.6. The highest BCUT2D eigenvalue weighted by atomic mass is 15.2. The number of aromatic nitrogens is 1. The first-order chi connectivity index (χ1) is 5.75. The molecule has 1 fully saturated rings. The van der Waals surface area contributed by atoms with Crippen molar-refractivity contribution in [3.63, 3.8) is 0 Å². The lowest BCUT2D eigenvalue weighted by molar-refractivity contribution is 0.519. The van der Waals surface area contributed by atoms with Crippen molar-refractivity contribution >= 4 is 11.5 Å². The van der Waals surface area contributed by atoms with Gasteiger partial charge < -0.3 is 16.4 Å². The van der Waals surface area contributed by atoms with Crippen molar-refractivity contribution in [2.75, 3.05) is 23.7 Å². The van der Waals surface area contributed by atoms with Gasteiger partial charge in [0.15, 0.2) is 0 Å². The molecule has 1 aromatic rings. The van der Waals surface area contributed by atoms with Crippen LogP contribution < -0.4 is 16.4 Å². The van der Waals surface area contributed by atoms with E-state index in [2.05, 4.69) is 9.88 Å². The lowest BCUT2D eigenvalue weighted by atomic mass is 10.1. The van der Waals surface area contributed by atoms with Crippen molar-refractivity contribution in [3.05, 3.63) is 18.3 Å². The van der Waals surface area contributed by atoms with Crippen LogP contribution in [-0.2, 0) is 0 Å². The molecule has 0 amide bonds. The highest BCUT2D eigenvalue weighted by Gasteiger charge is 2.22. The molecule has 0 atom stereocenters. The first kappa shape index (κ1) is 7.36. The number of nitrogen functional groups attached to an aromatic ring is 1. The molecule has 4 N–H and O–H groups in total. The van der Waals surface area contributed by atoms with Crippen LogP contribution >= 0.6 is 0 Å². The van der Waals surface area contributed by atoms with Crippen LogP contribution in [0.1, 0.15) is 0 Å². The van der Waals surface area contributed by atoms with E-state index in [4.69, 9.17) is 11.5 Å². The zero-order valence-corrected chi connectivity index (χ0v) is 6.77. The SMILES string of the molecule is Nc1ccc(N2CC(N)C2)cn1. The van der Waals surface area contributed by atoms with E-state index in [0.29, 0.717) is 11.9 Å². The van der Waals surface area contributed by atoms with E-state index >= 15 is 0 Å². The highest BCUT2D eigenvalue weighted by molar-refractivity contribution is 5.50. The lowest BCUT2D eigenvalue weighted by Gasteiger charge is -2.38. The topological polar surface area (TPSA) is 68.2 Å². The Labute approximate surface area is 71.2 Å². The van der Waals surface area contributed by atoms with Gasteiger partial charge in [-0.1, -0.05) is 0 Å². The van der Waals surface area contributed by atoms with Crippen LogP contribution in [0.4, 0.5) is 11.5 Å². The molecule has 4 heteroatoms. The van der Waals surface area contributed by atoms with E-state index in [1.54, 1.807) is 12.3 Å². The maximum absolute atomic E-state index is 5.65. The molecule has 0 aliphatic carbocycles. The Morgan fingerprint density at radius 2 is 2.17 bits per heavy atom. The summed E-state index contributed by atoms with van der Waals surface area (Å²) in [5.74, 6) is 0.559. The lowest BCUT2D eigenvalue weighted by Crippen LogP contribution is -2.55. The van der Waals surface area contributed by atoms with Gasteiger partial charge in [0.2, 0.25) is 0 Å². The Hall–Kier alpha value is -1.29. The molecule has 4 nitrogen and oxygen atoms in total. The second-order valence-electron chi connectivity index (χ2n) is 3.11. The molecule has 0 unspecified atom stereocenters. The molecule has 2 heterocycles. The Balaban J connectivity index is 2.09. The number of nitrogens with zero attached hydrogens (tertiary/aromatic N) is 2. The molecule has 2 rings (SSSR count). The summed E-state index contributed by atoms with van der Waals surface area (Å²) in [5, 5.41) is 0. The maximum Gasteiger partial charge on any atom is 0.123 e. The summed E-state index contributed by atoms with van der Waals surface area (Å²) in [4.78, 5) is 6.18. The van der Waals surface area contributed by atoms with Crippen LogP contribution in [0.25, 0.3) is 0 Å². The van der Waals surface area contributed by atoms with Crippen LogP contribution in [0.2, 0.25) is 0 Å². The molecule has 64 valence electrons. The summed E-state index contributed by atoms with van der Waals surface area (Å²) in [5.41, 5.74) is 12.2. The van der Waals surface area contributed by atoms with Crippen LogP contribution in [0.3, 0.4) is 0 Å². The van der Waals surface area contributed by atoms with Crippen molar-refractivity contribution in [1.82, 2.24) is 4.98 Å².